The second kappa shape index (κ2) is 13.4. The summed E-state index contributed by atoms with van der Waals surface area (Å²) in [7, 11) is 0. The molecule has 2 aromatic rings. The molecule has 2 aromatic carbocycles. The number of benzene rings is 2. The van der Waals surface area contributed by atoms with Crippen LogP contribution in [0.15, 0.2) is 54.6 Å². The van der Waals surface area contributed by atoms with Gasteiger partial charge in [-0.2, -0.15) is 0 Å². The molecule has 0 aromatic heterocycles. The lowest BCUT2D eigenvalue weighted by Gasteiger charge is -2.24. The quantitative estimate of drug-likeness (QED) is 0.116. The Hall–Kier alpha value is -4.94. The van der Waals surface area contributed by atoms with Crippen LogP contribution in [0.2, 0.25) is 0 Å². The molecule has 13 heteroatoms. The SMILES string of the molecule is CC(C)(C)OC(=O)C(CNC(=O)CN1C(=O)N[C@@H](Cc2ccc(C(=N)N)cc2)C1=O)NC(=O)OCc1ccccc1. The highest BCUT2D eigenvalue weighted by atomic mass is 16.6. The van der Waals surface area contributed by atoms with Crippen LogP contribution >= 0.6 is 0 Å². The third kappa shape index (κ3) is 9.34. The molecule has 0 aliphatic carbocycles. The second-order valence-electron chi connectivity index (χ2n) is 10.3. The number of alkyl carbamates (subject to hydrolysis) is 1. The predicted octanol–water partition coefficient (Wildman–Crippen LogP) is 1.19. The molecule has 1 heterocycles. The van der Waals surface area contributed by atoms with E-state index in [4.69, 9.17) is 20.6 Å². The second-order valence-corrected chi connectivity index (χ2v) is 10.3. The number of nitrogens with two attached hydrogens (primary N) is 1. The lowest BCUT2D eigenvalue weighted by molar-refractivity contribution is -0.157. The molecule has 0 spiro atoms. The van der Waals surface area contributed by atoms with Crippen molar-refractivity contribution in [2.75, 3.05) is 13.1 Å². The molecule has 0 saturated carbocycles. The van der Waals surface area contributed by atoms with E-state index >= 15 is 0 Å². The number of nitrogens with one attached hydrogen (secondary N) is 4. The van der Waals surface area contributed by atoms with E-state index in [1.807, 2.05) is 6.07 Å². The molecule has 1 fully saturated rings. The Balaban J connectivity index is 1.56. The van der Waals surface area contributed by atoms with Crippen LogP contribution in [0.25, 0.3) is 0 Å². The minimum Gasteiger partial charge on any atom is -0.458 e. The highest BCUT2D eigenvalue weighted by Gasteiger charge is 2.39. The fraction of sp³-hybridized carbons (Fsp3) is 0.357. The molecule has 0 radical (unpaired) electrons. The summed E-state index contributed by atoms with van der Waals surface area (Å²) in [6.45, 7) is 3.96. The van der Waals surface area contributed by atoms with E-state index in [1.165, 1.54) is 0 Å². The van der Waals surface area contributed by atoms with Crippen molar-refractivity contribution < 1.29 is 33.4 Å². The number of urea groups is 1. The maximum atomic E-state index is 12.8. The number of esters is 1. The minimum atomic E-state index is -1.30. The van der Waals surface area contributed by atoms with E-state index < -0.39 is 54.1 Å². The van der Waals surface area contributed by atoms with Crippen molar-refractivity contribution in [3.05, 3.63) is 71.3 Å². The largest absolute Gasteiger partial charge is 0.458 e. The van der Waals surface area contributed by atoms with Gasteiger partial charge in [0.2, 0.25) is 5.91 Å². The predicted molar refractivity (Wildman–Crippen MR) is 148 cm³/mol. The maximum absolute atomic E-state index is 12.8. The zero-order valence-electron chi connectivity index (χ0n) is 23.1. The number of ether oxygens (including phenoxy) is 2. The molecule has 218 valence electrons. The van der Waals surface area contributed by atoms with Crippen LogP contribution in [-0.2, 0) is 36.9 Å². The first-order valence-electron chi connectivity index (χ1n) is 12.8. The summed E-state index contributed by atoms with van der Waals surface area (Å²) in [5.74, 6) is -2.22. The highest BCUT2D eigenvalue weighted by molar-refractivity contribution is 6.06. The molecule has 0 bridgehead atoms. The lowest BCUT2D eigenvalue weighted by atomic mass is 10.0. The molecule has 1 aliphatic heterocycles. The number of imide groups is 1. The van der Waals surface area contributed by atoms with Gasteiger partial charge in [0.15, 0.2) is 0 Å². The lowest BCUT2D eigenvalue weighted by Crippen LogP contribution is -2.52. The summed E-state index contributed by atoms with van der Waals surface area (Å²) in [5, 5.41) is 14.9. The fourth-order valence-corrected chi connectivity index (χ4v) is 3.81. The third-order valence-electron chi connectivity index (χ3n) is 5.81. The van der Waals surface area contributed by atoms with Crippen molar-refractivity contribution in [1.29, 1.82) is 5.41 Å². The molecule has 6 N–H and O–H groups in total. The first-order chi connectivity index (χ1) is 19.3. The highest BCUT2D eigenvalue weighted by Crippen LogP contribution is 2.13. The number of amidine groups is 1. The number of nitrogen functional groups attached to an aromatic ring is 1. The first-order valence-corrected chi connectivity index (χ1v) is 12.8. The van der Waals surface area contributed by atoms with E-state index in [9.17, 15) is 24.0 Å². The Bertz CT molecular complexity index is 1290. The molecule has 2 atom stereocenters. The maximum Gasteiger partial charge on any atom is 0.408 e. The normalized spacial score (nSPS) is 15.5. The van der Waals surface area contributed by atoms with Gasteiger partial charge < -0.3 is 31.2 Å². The summed E-state index contributed by atoms with van der Waals surface area (Å²) in [6.07, 6.45) is -0.719. The molecule has 3 rings (SSSR count). The first kappa shape index (κ1) is 30.6. The fourth-order valence-electron chi connectivity index (χ4n) is 3.81. The zero-order valence-corrected chi connectivity index (χ0v) is 23.1. The van der Waals surface area contributed by atoms with Crippen LogP contribution < -0.4 is 21.7 Å². The Kier molecular flexibility index (Phi) is 10.0. The number of carbonyl (C=O) groups excluding carboxylic acids is 5. The van der Waals surface area contributed by atoms with E-state index in [-0.39, 0.29) is 25.4 Å². The standard InChI is InChI=1S/C28H34N6O7/c1-28(2,3)41-25(37)21(33-27(39)40-16-18-7-5-4-6-8-18)14-31-22(35)15-34-24(36)20(32-26(34)38)13-17-9-11-19(12-10-17)23(29)30/h4-12,20-21H,13-16H2,1-3H3,(H3,29,30)(H,31,35)(H,32,38)(H,33,39)/t20-,21?/m0/s1. The summed E-state index contributed by atoms with van der Waals surface area (Å²) < 4.78 is 10.5. The summed E-state index contributed by atoms with van der Waals surface area (Å²) >= 11 is 0. The van der Waals surface area contributed by atoms with Crippen LogP contribution in [0, 0.1) is 5.41 Å². The average molecular weight is 567 g/mol. The van der Waals surface area contributed by atoms with Gasteiger partial charge in [-0.3, -0.25) is 19.9 Å². The number of hydrogen-bond acceptors (Lipinski definition) is 8. The smallest absolute Gasteiger partial charge is 0.408 e. The van der Waals surface area contributed by atoms with Gasteiger partial charge in [0.1, 0.15) is 36.7 Å². The number of nitrogens with zero attached hydrogens (tertiary/aromatic N) is 1. The minimum absolute atomic E-state index is 0.0334. The molecule has 1 aliphatic rings. The van der Waals surface area contributed by atoms with Crippen molar-refractivity contribution in [2.45, 2.75) is 51.5 Å². The van der Waals surface area contributed by atoms with Gasteiger partial charge in [-0.05, 0) is 31.9 Å². The van der Waals surface area contributed by atoms with Gasteiger partial charge in [0.05, 0.1) is 0 Å². The van der Waals surface area contributed by atoms with Crippen LogP contribution in [0.3, 0.4) is 0 Å². The van der Waals surface area contributed by atoms with E-state index in [0.29, 0.717) is 5.56 Å². The van der Waals surface area contributed by atoms with Crippen LogP contribution in [-0.4, -0.2) is 71.4 Å². The van der Waals surface area contributed by atoms with Crippen LogP contribution in [0.1, 0.15) is 37.5 Å². The van der Waals surface area contributed by atoms with Gasteiger partial charge in [-0.15, -0.1) is 0 Å². The Labute approximate surface area is 237 Å². The molecular formula is C28H34N6O7. The van der Waals surface area contributed by atoms with Gasteiger partial charge in [0.25, 0.3) is 5.91 Å². The zero-order chi connectivity index (χ0) is 30.2. The third-order valence-corrected chi connectivity index (χ3v) is 5.81. The number of hydrogen-bond donors (Lipinski definition) is 5. The van der Waals surface area contributed by atoms with Gasteiger partial charge in [0, 0.05) is 18.5 Å². The van der Waals surface area contributed by atoms with Crippen molar-refractivity contribution in [2.24, 2.45) is 5.73 Å². The summed E-state index contributed by atoms with van der Waals surface area (Å²) in [6, 6.07) is 12.7. The van der Waals surface area contributed by atoms with E-state index in [1.54, 1.807) is 69.3 Å². The summed E-state index contributed by atoms with van der Waals surface area (Å²) in [5.41, 5.74) is 6.58. The molecule has 13 nitrogen and oxygen atoms in total. The number of rotatable bonds is 11. The molecular weight excluding hydrogens is 532 g/mol. The van der Waals surface area contributed by atoms with Crippen molar-refractivity contribution in [1.82, 2.24) is 20.9 Å². The average Bonchev–Trinajstić information content (AvgIpc) is 3.16. The monoisotopic (exact) mass is 566 g/mol. The van der Waals surface area contributed by atoms with Crippen molar-refractivity contribution >= 4 is 35.7 Å². The van der Waals surface area contributed by atoms with Crippen molar-refractivity contribution in [3.8, 4) is 0 Å². The molecule has 1 unspecified atom stereocenters. The van der Waals surface area contributed by atoms with Gasteiger partial charge >= 0.3 is 18.1 Å². The van der Waals surface area contributed by atoms with Crippen LogP contribution in [0.4, 0.5) is 9.59 Å². The summed E-state index contributed by atoms with van der Waals surface area (Å²) in [4.78, 5) is 63.8. The Morgan fingerprint density at radius 1 is 1.05 bits per heavy atom. The number of carbonyl (C=O) groups is 5. The van der Waals surface area contributed by atoms with E-state index in [0.717, 1.165) is 16.0 Å². The van der Waals surface area contributed by atoms with Gasteiger partial charge in [-0.1, -0.05) is 54.6 Å². The number of amides is 5. The molecule has 5 amide bonds. The van der Waals surface area contributed by atoms with Crippen LogP contribution in [0.5, 0.6) is 0 Å². The van der Waals surface area contributed by atoms with Gasteiger partial charge in [-0.25, -0.2) is 14.4 Å². The molecule has 41 heavy (non-hydrogen) atoms. The Morgan fingerprint density at radius 3 is 2.32 bits per heavy atom. The topological polar surface area (TPSA) is 193 Å². The Morgan fingerprint density at radius 2 is 1.71 bits per heavy atom. The van der Waals surface area contributed by atoms with E-state index in [2.05, 4.69) is 16.0 Å². The molecule has 1 saturated heterocycles. The van der Waals surface area contributed by atoms with Crippen molar-refractivity contribution in [3.63, 3.8) is 0 Å².